The maximum absolute atomic E-state index is 10.9. The number of rotatable bonds is 6. The summed E-state index contributed by atoms with van der Waals surface area (Å²) < 4.78 is 10.2. The molecule has 0 aromatic heterocycles. The van der Waals surface area contributed by atoms with E-state index in [1.165, 1.54) is 0 Å². The van der Waals surface area contributed by atoms with Crippen molar-refractivity contribution in [3.05, 3.63) is 29.8 Å². The molecule has 1 atom stereocenters. The van der Waals surface area contributed by atoms with E-state index in [1.807, 2.05) is 12.1 Å². The summed E-state index contributed by atoms with van der Waals surface area (Å²) >= 11 is 0. The smallest absolute Gasteiger partial charge is 0.333 e. The molecule has 0 spiro atoms. The Hall–Kier alpha value is -1.55. The molecule has 0 amide bonds. The average Bonchev–Trinajstić information content (AvgIpc) is 2.29. The first-order valence-electron chi connectivity index (χ1n) is 5.14. The van der Waals surface area contributed by atoms with E-state index >= 15 is 0 Å². The van der Waals surface area contributed by atoms with Gasteiger partial charge in [0.1, 0.15) is 5.75 Å². The fourth-order valence-electron chi connectivity index (χ4n) is 1.39. The Balaban J connectivity index is 2.65. The zero-order chi connectivity index (χ0) is 12.0. The highest BCUT2D eigenvalue weighted by molar-refractivity contribution is 5.72. The zero-order valence-electron chi connectivity index (χ0n) is 9.47. The standard InChI is InChI=1S/C12H16O4/c1-3-16-11(12(13)14)8-9-4-6-10(15-2)7-5-9/h4-7,11H,3,8H2,1-2H3,(H,13,14)/t11-/m0/s1. The Morgan fingerprint density at radius 2 is 2.00 bits per heavy atom. The molecular weight excluding hydrogens is 208 g/mol. The fourth-order valence-corrected chi connectivity index (χ4v) is 1.39. The largest absolute Gasteiger partial charge is 0.497 e. The molecule has 4 heteroatoms. The van der Waals surface area contributed by atoms with Crippen molar-refractivity contribution in [1.29, 1.82) is 0 Å². The van der Waals surface area contributed by atoms with Gasteiger partial charge >= 0.3 is 5.97 Å². The number of methoxy groups -OCH3 is 1. The number of hydrogen-bond acceptors (Lipinski definition) is 3. The second kappa shape index (κ2) is 6.12. The van der Waals surface area contributed by atoms with Crippen LogP contribution in [0, 0.1) is 0 Å². The molecule has 0 aliphatic rings. The van der Waals surface area contributed by atoms with E-state index in [0.29, 0.717) is 13.0 Å². The number of hydrogen-bond donors (Lipinski definition) is 1. The lowest BCUT2D eigenvalue weighted by molar-refractivity contribution is -0.149. The average molecular weight is 224 g/mol. The van der Waals surface area contributed by atoms with E-state index in [-0.39, 0.29) is 0 Å². The number of carboxylic acid groups (broad SMARTS) is 1. The van der Waals surface area contributed by atoms with Gasteiger partial charge in [-0.1, -0.05) is 12.1 Å². The van der Waals surface area contributed by atoms with Crippen molar-refractivity contribution >= 4 is 5.97 Å². The highest BCUT2D eigenvalue weighted by Gasteiger charge is 2.17. The second-order valence-electron chi connectivity index (χ2n) is 3.33. The summed E-state index contributed by atoms with van der Waals surface area (Å²) in [5.41, 5.74) is 0.918. The Kier molecular flexibility index (Phi) is 4.79. The van der Waals surface area contributed by atoms with Crippen LogP contribution in [0.4, 0.5) is 0 Å². The van der Waals surface area contributed by atoms with E-state index in [9.17, 15) is 4.79 Å². The molecule has 0 heterocycles. The van der Waals surface area contributed by atoms with E-state index in [2.05, 4.69) is 0 Å². The summed E-state index contributed by atoms with van der Waals surface area (Å²) in [6.45, 7) is 2.18. The number of benzene rings is 1. The molecule has 1 aromatic rings. The lowest BCUT2D eigenvalue weighted by atomic mass is 10.1. The summed E-state index contributed by atoms with van der Waals surface area (Å²) in [7, 11) is 1.59. The van der Waals surface area contributed by atoms with Crippen LogP contribution in [0.15, 0.2) is 24.3 Å². The van der Waals surface area contributed by atoms with Crippen LogP contribution in [-0.4, -0.2) is 30.9 Å². The van der Waals surface area contributed by atoms with Crippen LogP contribution >= 0.6 is 0 Å². The van der Waals surface area contributed by atoms with Crippen molar-refractivity contribution in [1.82, 2.24) is 0 Å². The van der Waals surface area contributed by atoms with Gasteiger partial charge in [0.2, 0.25) is 0 Å². The molecule has 1 N–H and O–H groups in total. The molecule has 4 nitrogen and oxygen atoms in total. The SMILES string of the molecule is CCO[C@@H](Cc1ccc(OC)cc1)C(=O)O. The van der Waals surface area contributed by atoms with E-state index < -0.39 is 12.1 Å². The molecule has 0 aliphatic heterocycles. The molecule has 0 aliphatic carbocycles. The van der Waals surface area contributed by atoms with Crippen LogP contribution in [0.1, 0.15) is 12.5 Å². The predicted octanol–water partition coefficient (Wildman–Crippen LogP) is 1.73. The van der Waals surface area contributed by atoms with Crippen molar-refractivity contribution in [3.63, 3.8) is 0 Å². The molecule has 0 fully saturated rings. The summed E-state index contributed by atoms with van der Waals surface area (Å²) in [4.78, 5) is 10.9. The van der Waals surface area contributed by atoms with Crippen molar-refractivity contribution in [2.75, 3.05) is 13.7 Å². The molecule has 0 radical (unpaired) electrons. The minimum Gasteiger partial charge on any atom is -0.497 e. The minimum atomic E-state index is -0.933. The van der Waals surface area contributed by atoms with Crippen LogP contribution in [0.25, 0.3) is 0 Å². The van der Waals surface area contributed by atoms with E-state index in [0.717, 1.165) is 11.3 Å². The van der Waals surface area contributed by atoms with Crippen molar-refractivity contribution < 1.29 is 19.4 Å². The summed E-state index contributed by atoms with van der Waals surface area (Å²) in [6.07, 6.45) is -0.411. The molecular formula is C12H16O4. The number of carbonyl (C=O) groups is 1. The topological polar surface area (TPSA) is 55.8 Å². The number of ether oxygens (including phenoxy) is 2. The predicted molar refractivity (Wildman–Crippen MR) is 59.7 cm³/mol. The lowest BCUT2D eigenvalue weighted by Crippen LogP contribution is -2.26. The van der Waals surface area contributed by atoms with Gasteiger partial charge in [-0.2, -0.15) is 0 Å². The lowest BCUT2D eigenvalue weighted by Gasteiger charge is -2.12. The first kappa shape index (κ1) is 12.5. The molecule has 88 valence electrons. The van der Waals surface area contributed by atoms with E-state index in [4.69, 9.17) is 14.6 Å². The van der Waals surface area contributed by atoms with E-state index in [1.54, 1.807) is 26.2 Å². The van der Waals surface area contributed by atoms with Gasteiger partial charge in [-0.15, -0.1) is 0 Å². The highest BCUT2D eigenvalue weighted by Crippen LogP contribution is 2.13. The van der Waals surface area contributed by atoms with Gasteiger partial charge in [0.05, 0.1) is 7.11 Å². The Morgan fingerprint density at radius 3 is 2.44 bits per heavy atom. The van der Waals surface area contributed by atoms with Gasteiger partial charge in [-0.3, -0.25) is 0 Å². The first-order valence-corrected chi connectivity index (χ1v) is 5.14. The van der Waals surface area contributed by atoms with Crippen LogP contribution in [0.2, 0.25) is 0 Å². The minimum absolute atomic E-state index is 0.368. The number of aliphatic carboxylic acids is 1. The molecule has 16 heavy (non-hydrogen) atoms. The molecule has 1 aromatic carbocycles. The number of carboxylic acids is 1. The highest BCUT2D eigenvalue weighted by atomic mass is 16.5. The third-order valence-corrected chi connectivity index (χ3v) is 2.22. The van der Waals surface area contributed by atoms with Crippen molar-refractivity contribution in [2.24, 2.45) is 0 Å². The van der Waals surface area contributed by atoms with Gasteiger partial charge in [0, 0.05) is 13.0 Å². The second-order valence-corrected chi connectivity index (χ2v) is 3.33. The third kappa shape index (κ3) is 3.55. The maximum Gasteiger partial charge on any atom is 0.333 e. The third-order valence-electron chi connectivity index (χ3n) is 2.22. The Morgan fingerprint density at radius 1 is 1.38 bits per heavy atom. The first-order chi connectivity index (χ1) is 7.67. The normalized spacial score (nSPS) is 12.1. The van der Waals surface area contributed by atoms with Crippen LogP contribution in [0.5, 0.6) is 5.75 Å². The molecule has 0 unspecified atom stereocenters. The molecule has 0 bridgehead atoms. The summed E-state index contributed by atoms with van der Waals surface area (Å²) in [6, 6.07) is 7.29. The fraction of sp³-hybridized carbons (Fsp3) is 0.417. The van der Waals surface area contributed by atoms with Gasteiger partial charge in [-0.25, -0.2) is 4.79 Å². The van der Waals surface area contributed by atoms with Crippen molar-refractivity contribution in [2.45, 2.75) is 19.4 Å². The van der Waals surface area contributed by atoms with Gasteiger partial charge < -0.3 is 14.6 Å². The van der Waals surface area contributed by atoms with Crippen LogP contribution in [-0.2, 0) is 16.0 Å². The maximum atomic E-state index is 10.9. The van der Waals surface area contributed by atoms with Gasteiger partial charge in [-0.05, 0) is 24.6 Å². The summed E-state index contributed by atoms with van der Waals surface area (Å²) in [5, 5.41) is 8.92. The van der Waals surface area contributed by atoms with Crippen molar-refractivity contribution in [3.8, 4) is 5.75 Å². The van der Waals surface area contributed by atoms with Crippen LogP contribution in [0.3, 0.4) is 0 Å². The quantitative estimate of drug-likeness (QED) is 0.799. The van der Waals surface area contributed by atoms with Gasteiger partial charge in [0.15, 0.2) is 6.10 Å². The van der Waals surface area contributed by atoms with Crippen LogP contribution < -0.4 is 4.74 Å². The molecule has 0 saturated carbocycles. The molecule has 0 saturated heterocycles. The monoisotopic (exact) mass is 224 g/mol. The summed E-state index contributed by atoms with van der Waals surface area (Å²) in [5.74, 6) is -0.176. The Bertz CT molecular complexity index is 331. The molecule has 1 rings (SSSR count). The zero-order valence-corrected chi connectivity index (χ0v) is 9.47. The Labute approximate surface area is 94.8 Å². The van der Waals surface area contributed by atoms with Gasteiger partial charge in [0.25, 0.3) is 0 Å².